The van der Waals surface area contributed by atoms with Crippen molar-refractivity contribution >= 4 is 57.8 Å². The molecule has 0 unspecified atom stereocenters. The number of hydrogen-bond donors (Lipinski definition) is 6. The molecule has 8 N–H and O–H groups in total. The van der Waals surface area contributed by atoms with Gasteiger partial charge in [0.05, 0.1) is 22.3 Å². The van der Waals surface area contributed by atoms with Crippen LogP contribution in [0.15, 0.2) is 146 Å². The number of amides is 4. The second-order valence-corrected chi connectivity index (χ2v) is 15.7. The summed E-state index contributed by atoms with van der Waals surface area (Å²) in [4.78, 5) is 51.6. The quantitative estimate of drug-likeness (QED) is 0.0589. The Morgan fingerprint density at radius 2 is 0.542 bits per heavy atom. The fourth-order valence-corrected chi connectivity index (χ4v) is 7.31. The van der Waals surface area contributed by atoms with Gasteiger partial charge in [-0.25, -0.2) is 0 Å². The van der Waals surface area contributed by atoms with Gasteiger partial charge in [-0.3, -0.25) is 19.2 Å². The first kappa shape index (κ1) is 51.0. The number of anilines is 6. The standard InChI is InChI=1S/C50H32F12N6O4/c51-47(52,53)39-21-31(11-15-35(39)37-17-13-33(23-41(37)49(57,58)59)67-45(71)27-3-1-5-29(63)19-27)65-43(69)25-7-9-26(10-8-25)44(70)66-32-12-16-36(40(22-32)48(54,55)56)38-18-14-34(24-42(38)50(60,61)62)68-46(72)28-4-2-6-30(64)20-28/h1-24H,63-64H2,(H,65,69)(H,66,70)(H,67,71)(H,68,72). The van der Waals surface area contributed by atoms with Crippen molar-refractivity contribution in [2.24, 2.45) is 0 Å². The summed E-state index contributed by atoms with van der Waals surface area (Å²) in [6.07, 6.45) is -21.0. The largest absolute Gasteiger partial charge is 0.417 e. The summed E-state index contributed by atoms with van der Waals surface area (Å²) in [6, 6.07) is 23.4. The summed E-state index contributed by atoms with van der Waals surface area (Å²) in [5.74, 6) is -3.81. The van der Waals surface area contributed by atoms with Gasteiger partial charge in [0.15, 0.2) is 0 Å². The van der Waals surface area contributed by atoms with Gasteiger partial charge in [-0.05, 0) is 131 Å². The van der Waals surface area contributed by atoms with Crippen molar-refractivity contribution in [1.29, 1.82) is 0 Å². The van der Waals surface area contributed by atoms with E-state index in [1.54, 1.807) is 0 Å². The van der Waals surface area contributed by atoms with E-state index in [9.17, 15) is 71.9 Å². The number of halogens is 12. The molecule has 7 aromatic carbocycles. The van der Waals surface area contributed by atoms with Crippen LogP contribution in [-0.4, -0.2) is 23.6 Å². The van der Waals surface area contributed by atoms with E-state index >= 15 is 0 Å². The molecule has 0 aromatic heterocycles. The predicted octanol–water partition coefficient (Wildman–Crippen LogP) is 13.3. The summed E-state index contributed by atoms with van der Waals surface area (Å²) in [5, 5.41) is 8.88. The van der Waals surface area contributed by atoms with Crippen molar-refractivity contribution in [3.63, 3.8) is 0 Å². The maximum atomic E-state index is 14.5. The summed E-state index contributed by atoms with van der Waals surface area (Å²) < 4.78 is 173. The zero-order valence-corrected chi connectivity index (χ0v) is 36.2. The van der Waals surface area contributed by atoms with Crippen molar-refractivity contribution in [2.75, 3.05) is 32.7 Å². The molecule has 7 rings (SSSR count). The lowest BCUT2D eigenvalue weighted by Crippen LogP contribution is -2.17. The van der Waals surface area contributed by atoms with Crippen LogP contribution < -0.4 is 32.7 Å². The molecule has 0 aliphatic heterocycles. The minimum absolute atomic E-state index is 0.00430. The number of rotatable bonds is 10. The number of carbonyl (C=O) groups is 4. The maximum absolute atomic E-state index is 14.5. The predicted molar refractivity (Wildman–Crippen MR) is 244 cm³/mol. The molecule has 22 heteroatoms. The van der Waals surface area contributed by atoms with Crippen LogP contribution >= 0.6 is 0 Å². The molecule has 0 spiro atoms. The highest BCUT2D eigenvalue weighted by atomic mass is 19.4. The van der Waals surface area contributed by atoms with Gasteiger partial charge in [0.25, 0.3) is 23.6 Å². The number of nitrogens with one attached hydrogen (secondary N) is 4. The van der Waals surface area contributed by atoms with Crippen molar-refractivity contribution in [2.45, 2.75) is 24.7 Å². The van der Waals surface area contributed by atoms with Crippen LogP contribution in [0.3, 0.4) is 0 Å². The van der Waals surface area contributed by atoms with E-state index in [4.69, 9.17) is 11.5 Å². The lowest BCUT2D eigenvalue weighted by molar-refractivity contribution is -0.139. The lowest BCUT2D eigenvalue weighted by Gasteiger charge is -2.20. The van der Waals surface area contributed by atoms with Crippen molar-refractivity contribution in [3.8, 4) is 22.3 Å². The van der Waals surface area contributed by atoms with Crippen LogP contribution in [0.2, 0.25) is 0 Å². The zero-order chi connectivity index (χ0) is 52.5. The fraction of sp³-hybridized carbons (Fsp3) is 0.0800. The van der Waals surface area contributed by atoms with Crippen LogP contribution in [0.4, 0.5) is 86.8 Å². The Morgan fingerprint density at radius 1 is 0.306 bits per heavy atom. The molecule has 0 bridgehead atoms. The van der Waals surface area contributed by atoms with E-state index in [0.29, 0.717) is 36.4 Å². The van der Waals surface area contributed by atoms with E-state index in [1.165, 1.54) is 48.5 Å². The molecule has 0 saturated heterocycles. The minimum atomic E-state index is -5.27. The molecular formula is C50H32F12N6O4. The number of nitrogen functional groups attached to an aromatic ring is 2. The van der Waals surface area contributed by atoms with E-state index in [2.05, 4.69) is 21.3 Å². The van der Waals surface area contributed by atoms with E-state index in [1.807, 2.05) is 0 Å². The topological polar surface area (TPSA) is 168 Å². The molecule has 0 heterocycles. The second-order valence-electron chi connectivity index (χ2n) is 15.7. The van der Waals surface area contributed by atoms with Crippen molar-refractivity contribution in [1.82, 2.24) is 0 Å². The Bertz CT molecular complexity index is 3040. The fourth-order valence-electron chi connectivity index (χ4n) is 7.31. The third kappa shape index (κ3) is 11.8. The third-order valence-corrected chi connectivity index (χ3v) is 10.6. The smallest absolute Gasteiger partial charge is 0.399 e. The van der Waals surface area contributed by atoms with Gasteiger partial charge < -0.3 is 32.7 Å². The molecule has 370 valence electrons. The number of nitrogens with two attached hydrogens (primary N) is 2. The van der Waals surface area contributed by atoms with Gasteiger partial charge in [0, 0.05) is 56.4 Å². The highest BCUT2D eigenvalue weighted by molar-refractivity contribution is 6.08. The van der Waals surface area contributed by atoms with E-state index in [-0.39, 0.29) is 33.6 Å². The molecular weight excluding hydrogens is 977 g/mol. The Balaban J connectivity index is 1.08. The van der Waals surface area contributed by atoms with Crippen LogP contribution in [-0.2, 0) is 24.7 Å². The van der Waals surface area contributed by atoms with Crippen LogP contribution in [0.1, 0.15) is 63.7 Å². The van der Waals surface area contributed by atoms with Gasteiger partial charge in [0.1, 0.15) is 0 Å². The highest BCUT2D eigenvalue weighted by Gasteiger charge is 2.41. The first-order chi connectivity index (χ1) is 33.6. The SMILES string of the molecule is Nc1cccc(C(=O)Nc2ccc(-c3ccc(NC(=O)c4ccc(C(=O)Nc5ccc(-c6ccc(NC(=O)c7cccc(N)c7)cc6C(F)(F)F)c(C(F)(F)F)c5)cc4)cc3C(F)(F)F)c(C(F)(F)F)c2)c1. The number of alkyl halides is 12. The number of benzene rings is 7. The second kappa shape index (κ2) is 19.5. The summed E-state index contributed by atoms with van der Waals surface area (Å²) in [7, 11) is 0. The molecule has 0 fully saturated rings. The van der Waals surface area contributed by atoms with Crippen LogP contribution in [0.25, 0.3) is 22.3 Å². The van der Waals surface area contributed by atoms with Crippen molar-refractivity contribution < 1.29 is 71.9 Å². The molecule has 7 aromatic rings. The molecule has 72 heavy (non-hydrogen) atoms. The monoisotopic (exact) mass is 1010 g/mol. The third-order valence-electron chi connectivity index (χ3n) is 10.6. The molecule has 4 amide bonds. The minimum Gasteiger partial charge on any atom is -0.399 e. The molecule has 0 aliphatic carbocycles. The van der Waals surface area contributed by atoms with E-state index in [0.717, 1.165) is 60.7 Å². The summed E-state index contributed by atoms with van der Waals surface area (Å²) in [6.45, 7) is 0. The lowest BCUT2D eigenvalue weighted by atomic mass is 9.93. The Morgan fingerprint density at radius 3 is 0.764 bits per heavy atom. The summed E-state index contributed by atoms with van der Waals surface area (Å²) >= 11 is 0. The van der Waals surface area contributed by atoms with E-state index < -0.39 is 116 Å². The first-order valence-electron chi connectivity index (χ1n) is 20.6. The summed E-state index contributed by atoms with van der Waals surface area (Å²) in [5.41, 5.74) is -0.543. The molecule has 10 nitrogen and oxygen atoms in total. The average molecular weight is 1010 g/mol. The van der Waals surface area contributed by atoms with Crippen LogP contribution in [0, 0.1) is 0 Å². The van der Waals surface area contributed by atoms with Crippen molar-refractivity contribution in [3.05, 3.63) is 190 Å². The van der Waals surface area contributed by atoms with Gasteiger partial charge >= 0.3 is 24.7 Å². The van der Waals surface area contributed by atoms with Gasteiger partial charge in [-0.1, -0.05) is 36.4 Å². The highest BCUT2D eigenvalue weighted by Crippen LogP contribution is 2.46. The normalized spacial score (nSPS) is 11.9. The van der Waals surface area contributed by atoms with Gasteiger partial charge in [-0.15, -0.1) is 0 Å². The Labute approximate surface area is 398 Å². The molecule has 0 saturated carbocycles. The molecule has 0 radical (unpaired) electrons. The Hall–Kier alpha value is -8.82. The number of carbonyl (C=O) groups excluding carboxylic acids is 4. The first-order valence-corrected chi connectivity index (χ1v) is 20.6. The maximum Gasteiger partial charge on any atom is 0.417 e. The van der Waals surface area contributed by atoms with Crippen LogP contribution in [0.5, 0.6) is 0 Å². The average Bonchev–Trinajstić information content (AvgIpc) is 3.30. The zero-order valence-electron chi connectivity index (χ0n) is 36.2. The number of hydrogen-bond acceptors (Lipinski definition) is 6. The Kier molecular flexibility index (Phi) is 13.8. The van der Waals surface area contributed by atoms with Gasteiger partial charge in [0.2, 0.25) is 0 Å². The molecule has 0 aliphatic rings. The molecule has 0 atom stereocenters. The van der Waals surface area contributed by atoms with Gasteiger partial charge in [-0.2, -0.15) is 52.7 Å².